The minimum Gasteiger partial charge on any atom is -0.0654 e. The SMILES string of the molecule is CCC(C)CCCCC(C)c1ccccc1.CCCCC(C)CCC(C)c1ccccc1.CCCCCCCCC(C)c1ccccc1. The maximum absolute atomic E-state index is 2.40. The van der Waals surface area contributed by atoms with E-state index in [2.05, 4.69) is 146 Å². The smallest absolute Gasteiger partial charge is 0.0190 e. The number of rotatable bonds is 22. The van der Waals surface area contributed by atoms with Crippen LogP contribution in [0.2, 0.25) is 0 Å². The van der Waals surface area contributed by atoms with Crippen molar-refractivity contribution in [1.29, 1.82) is 0 Å². The van der Waals surface area contributed by atoms with Crippen molar-refractivity contribution in [2.24, 2.45) is 11.8 Å². The maximum Gasteiger partial charge on any atom is -0.0190 e. The fourth-order valence-electron chi connectivity index (χ4n) is 6.45. The Labute approximate surface area is 301 Å². The molecule has 3 rings (SSSR count). The molecule has 0 aliphatic rings. The van der Waals surface area contributed by atoms with Crippen LogP contribution in [0.15, 0.2) is 91.0 Å². The van der Waals surface area contributed by atoms with Gasteiger partial charge in [-0.1, -0.05) is 236 Å². The van der Waals surface area contributed by atoms with Gasteiger partial charge in [0, 0.05) is 0 Å². The largest absolute Gasteiger partial charge is 0.0654 e. The van der Waals surface area contributed by atoms with Crippen LogP contribution < -0.4 is 0 Å². The van der Waals surface area contributed by atoms with E-state index >= 15 is 0 Å². The molecule has 270 valence electrons. The van der Waals surface area contributed by atoms with Crippen molar-refractivity contribution in [3.05, 3.63) is 108 Å². The van der Waals surface area contributed by atoms with Crippen molar-refractivity contribution < 1.29 is 0 Å². The molecule has 0 radical (unpaired) electrons. The van der Waals surface area contributed by atoms with Crippen LogP contribution in [-0.2, 0) is 0 Å². The highest BCUT2D eigenvalue weighted by Crippen LogP contribution is 2.25. The van der Waals surface area contributed by atoms with E-state index in [0.717, 1.165) is 23.7 Å². The molecular formula is C48H78. The van der Waals surface area contributed by atoms with Crippen molar-refractivity contribution in [2.45, 2.75) is 182 Å². The van der Waals surface area contributed by atoms with E-state index < -0.39 is 0 Å². The standard InChI is InChI=1S/3C16H26/c1-4-14(2)10-8-9-11-15(3)16-12-6-5-7-13-16;1-4-5-9-14(2)12-13-15(3)16-10-7-6-8-11-16;1-3-4-5-6-7-9-12-15(2)16-13-10-8-11-14-16/h5-7,12-15H,4,8-11H2,1-3H3;6-8,10-11,14-15H,4-5,9,12-13H2,1-3H3;8,10-11,13-15H,3-7,9,12H2,1-2H3. The zero-order valence-electron chi connectivity index (χ0n) is 33.1. The van der Waals surface area contributed by atoms with Gasteiger partial charge in [0.2, 0.25) is 0 Å². The zero-order valence-corrected chi connectivity index (χ0v) is 33.1. The Bertz CT molecular complexity index is 1050. The van der Waals surface area contributed by atoms with Gasteiger partial charge < -0.3 is 0 Å². The molecule has 0 aliphatic heterocycles. The fourth-order valence-corrected chi connectivity index (χ4v) is 6.45. The van der Waals surface area contributed by atoms with Gasteiger partial charge in [-0.3, -0.25) is 0 Å². The minimum atomic E-state index is 0.713. The van der Waals surface area contributed by atoms with E-state index in [4.69, 9.17) is 0 Å². The summed E-state index contributed by atoms with van der Waals surface area (Å²) in [7, 11) is 0. The predicted molar refractivity (Wildman–Crippen MR) is 218 cm³/mol. The number of hydrogen-bond donors (Lipinski definition) is 0. The molecule has 0 N–H and O–H groups in total. The molecule has 0 fully saturated rings. The third-order valence-corrected chi connectivity index (χ3v) is 10.5. The Morgan fingerprint density at radius 2 is 0.688 bits per heavy atom. The lowest BCUT2D eigenvalue weighted by molar-refractivity contribution is 0.439. The summed E-state index contributed by atoms with van der Waals surface area (Å²) in [5.74, 6) is 3.97. The lowest BCUT2D eigenvalue weighted by Crippen LogP contribution is -1.99. The normalized spacial score (nSPS) is 14.0. The van der Waals surface area contributed by atoms with E-state index in [1.54, 1.807) is 0 Å². The first-order valence-corrected chi connectivity index (χ1v) is 20.5. The summed E-state index contributed by atoms with van der Waals surface area (Å²) in [6, 6.07) is 32.7. The summed E-state index contributed by atoms with van der Waals surface area (Å²) in [6.45, 7) is 18.6. The summed E-state index contributed by atoms with van der Waals surface area (Å²) in [5.41, 5.74) is 4.48. The van der Waals surface area contributed by atoms with Crippen LogP contribution in [0, 0.1) is 11.8 Å². The average molecular weight is 655 g/mol. The number of hydrogen-bond acceptors (Lipinski definition) is 0. The molecule has 5 atom stereocenters. The van der Waals surface area contributed by atoms with Gasteiger partial charge >= 0.3 is 0 Å². The number of benzene rings is 3. The monoisotopic (exact) mass is 655 g/mol. The van der Waals surface area contributed by atoms with Crippen LogP contribution in [0.5, 0.6) is 0 Å². The molecule has 5 unspecified atom stereocenters. The van der Waals surface area contributed by atoms with Gasteiger partial charge in [-0.2, -0.15) is 0 Å². The Morgan fingerprint density at radius 3 is 1.12 bits per heavy atom. The highest BCUT2D eigenvalue weighted by Gasteiger charge is 2.08. The van der Waals surface area contributed by atoms with Crippen molar-refractivity contribution in [3.63, 3.8) is 0 Å². The van der Waals surface area contributed by atoms with Gasteiger partial charge in [0.15, 0.2) is 0 Å². The van der Waals surface area contributed by atoms with Crippen LogP contribution in [0.25, 0.3) is 0 Å². The lowest BCUT2D eigenvalue weighted by Gasteiger charge is -2.15. The summed E-state index contributed by atoms with van der Waals surface area (Å²) in [4.78, 5) is 0. The highest BCUT2D eigenvalue weighted by atomic mass is 14.1. The third-order valence-electron chi connectivity index (χ3n) is 10.5. The van der Waals surface area contributed by atoms with Crippen LogP contribution in [0.4, 0.5) is 0 Å². The van der Waals surface area contributed by atoms with Gasteiger partial charge in [0.1, 0.15) is 0 Å². The second-order valence-electron chi connectivity index (χ2n) is 15.1. The summed E-state index contributed by atoms with van der Waals surface area (Å²) >= 11 is 0. The first-order chi connectivity index (χ1) is 23.3. The van der Waals surface area contributed by atoms with Crippen LogP contribution in [-0.4, -0.2) is 0 Å². The summed E-state index contributed by atoms with van der Waals surface area (Å²) in [5, 5.41) is 0. The van der Waals surface area contributed by atoms with Crippen molar-refractivity contribution in [1.82, 2.24) is 0 Å². The second kappa shape index (κ2) is 29.6. The minimum absolute atomic E-state index is 0.713. The molecule has 0 aliphatic carbocycles. The summed E-state index contributed by atoms with van der Waals surface area (Å²) < 4.78 is 0. The molecule has 3 aromatic carbocycles. The summed E-state index contributed by atoms with van der Waals surface area (Å²) in [6.07, 6.45) is 23.4. The van der Waals surface area contributed by atoms with Gasteiger partial charge in [-0.05, 0) is 65.5 Å². The van der Waals surface area contributed by atoms with Gasteiger partial charge in [-0.15, -0.1) is 0 Å². The van der Waals surface area contributed by atoms with E-state index in [0.29, 0.717) is 5.92 Å². The average Bonchev–Trinajstić information content (AvgIpc) is 3.14. The topological polar surface area (TPSA) is 0 Å². The molecular weight excluding hydrogens is 577 g/mol. The molecule has 0 amide bonds. The molecule has 0 heteroatoms. The molecule has 0 bridgehead atoms. The van der Waals surface area contributed by atoms with Crippen molar-refractivity contribution >= 4 is 0 Å². The van der Waals surface area contributed by atoms with E-state index in [1.165, 1.54) is 126 Å². The molecule has 0 heterocycles. The first kappa shape index (κ1) is 43.7. The molecule has 0 spiro atoms. The molecule has 0 aromatic heterocycles. The zero-order chi connectivity index (χ0) is 35.2. The van der Waals surface area contributed by atoms with E-state index in [9.17, 15) is 0 Å². The van der Waals surface area contributed by atoms with Gasteiger partial charge in [-0.25, -0.2) is 0 Å². The quantitative estimate of drug-likeness (QED) is 0.0946. The van der Waals surface area contributed by atoms with Gasteiger partial charge in [0.05, 0.1) is 0 Å². The van der Waals surface area contributed by atoms with Crippen LogP contribution >= 0.6 is 0 Å². The maximum atomic E-state index is 2.40. The molecule has 3 aromatic rings. The number of unbranched alkanes of at least 4 members (excludes halogenated alkanes) is 7. The molecule has 0 saturated carbocycles. The lowest BCUT2D eigenvalue weighted by atomic mass is 9.90. The second-order valence-corrected chi connectivity index (χ2v) is 15.1. The Morgan fingerprint density at radius 1 is 0.333 bits per heavy atom. The first-order valence-electron chi connectivity index (χ1n) is 20.5. The van der Waals surface area contributed by atoms with Crippen LogP contribution in [0.3, 0.4) is 0 Å². The predicted octanol–water partition coefficient (Wildman–Crippen LogP) is 16.3. The molecule has 48 heavy (non-hydrogen) atoms. The van der Waals surface area contributed by atoms with Crippen molar-refractivity contribution in [2.75, 3.05) is 0 Å². The fraction of sp³-hybridized carbons (Fsp3) is 0.625. The van der Waals surface area contributed by atoms with Crippen molar-refractivity contribution in [3.8, 4) is 0 Å². The molecule has 0 nitrogen and oxygen atoms in total. The van der Waals surface area contributed by atoms with E-state index in [-0.39, 0.29) is 0 Å². The van der Waals surface area contributed by atoms with Crippen LogP contribution in [0.1, 0.15) is 199 Å². The molecule has 0 saturated heterocycles. The third kappa shape index (κ3) is 22.3. The Kier molecular flexibility index (Phi) is 26.9. The van der Waals surface area contributed by atoms with Gasteiger partial charge in [0.25, 0.3) is 0 Å². The Hall–Kier alpha value is -2.34. The highest BCUT2D eigenvalue weighted by molar-refractivity contribution is 5.20. The van der Waals surface area contributed by atoms with E-state index in [1.807, 2.05) is 0 Å². The Balaban J connectivity index is 0.000000360.